The molecule has 0 amide bonds. The van der Waals surface area contributed by atoms with Crippen LogP contribution >= 0.6 is 0 Å². The van der Waals surface area contributed by atoms with Gasteiger partial charge >= 0.3 is 5.97 Å². The van der Waals surface area contributed by atoms with Crippen LogP contribution in [0.25, 0.3) is 0 Å². The van der Waals surface area contributed by atoms with E-state index >= 15 is 0 Å². The van der Waals surface area contributed by atoms with E-state index in [1.54, 1.807) is 0 Å². The molecule has 0 aliphatic heterocycles. The Morgan fingerprint density at radius 3 is 2.30 bits per heavy atom. The van der Waals surface area contributed by atoms with Crippen LogP contribution < -0.4 is 0 Å². The van der Waals surface area contributed by atoms with E-state index in [1.807, 2.05) is 39.0 Å². The molecule has 0 fully saturated rings. The van der Waals surface area contributed by atoms with E-state index in [0.29, 0.717) is 11.5 Å². The van der Waals surface area contributed by atoms with Gasteiger partial charge in [0, 0.05) is 0 Å². The highest BCUT2D eigenvalue weighted by atomic mass is 16.6. The molecule has 1 aromatic rings. The largest absolute Gasteiger partial charge is 0.456 e. The SMILES string of the molecule is CCC(C)(C)OC(=O)c1cccc(C(C)C(C)(C)C)c1. The summed E-state index contributed by atoms with van der Waals surface area (Å²) < 4.78 is 5.55. The van der Waals surface area contributed by atoms with Gasteiger partial charge in [0.2, 0.25) is 0 Å². The molecule has 2 heteroatoms. The van der Waals surface area contributed by atoms with Crippen molar-refractivity contribution in [3.63, 3.8) is 0 Å². The third-order valence-corrected chi connectivity index (χ3v) is 4.14. The van der Waals surface area contributed by atoms with Gasteiger partial charge in [0.25, 0.3) is 0 Å². The predicted molar refractivity (Wildman–Crippen MR) is 84.1 cm³/mol. The minimum Gasteiger partial charge on any atom is -0.456 e. The van der Waals surface area contributed by atoms with Crippen molar-refractivity contribution in [2.45, 2.75) is 66.4 Å². The Bertz CT molecular complexity index is 467. The zero-order valence-electron chi connectivity index (χ0n) is 13.9. The second-order valence-corrected chi connectivity index (χ2v) is 7.22. The summed E-state index contributed by atoms with van der Waals surface area (Å²) in [5.74, 6) is 0.147. The Balaban J connectivity index is 2.97. The molecular weight excluding hydrogens is 248 g/mol. The van der Waals surface area contributed by atoms with Crippen molar-refractivity contribution in [1.29, 1.82) is 0 Å². The number of rotatable bonds is 4. The van der Waals surface area contributed by atoms with Crippen molar-refractivity contribution in [2.75, 3.05) is 0 Å². The molecule has 0 bridgehead atoms. The monoisotopic (exact) mass is 276 g/mol. The van der Waals surface area contributed by atoms with Crippen LogP contribution in [0.2, 0.25) is 0 Å². The molecule has 0 heterocycles. The molecule has 0 radical (unpaired) electrons. The van der Waals surface area contributed by atoms with Crippen LogP contribution in [-0.4, -0.2) is 11.6 Å². The van der Waals surface area contributed by atoms with Gasteiger partial charge in [0.05, 0.1) is 5.56 Å². The summed E-state index contributed by atoms with van der Waals surface area (Å²) >= 11 is 0. The standard InChI is InChI=1S/C18H28O2/c1-8-18(6,7)20-16(19)15-11-9-10-14(12-15)13(2)17(3,4)5/h9-13H,8H2,1-7H3. The molecule has 0 aliphatic carbocycles. The lowest BCUT2D eigenvalue weighted by Crippen LogP contribution is -2.27. The van der Waals surface area contributed by atoms with Crippen molar-refractivity contribution in [3.05, 3.63) is 35.4 Å². The molecule has 1 rings (SSSR count). The van der Waals surface area contributed by atoms with Gasteiger partial charge < -0.3 is 4.74 Å². The molecule has 20 heavy (non-hydrogen) atoms. The first-order chi connectivity index (χ1) is 9.07. The van der Waals surface area contributed by atoms with Crippen LogP contribution in [0.3, 0.4) is 0 Å². The van der Waals surface area contributed by atoms with Crippen LogP contribution in [-0.2, 0) is 4.74 Å². The van der Waals surface area contributed by atoms with Crippen LogP contribution in [0.1, 0.15) is 76.7 Å². The molecule has 0 saturated heterocycles. The normalized spacial score (nSPS) is 13.9. The Morgan fingerprint density at radius 2 is 1.80 bits per heavy atom. The quantitative estimate of drug-likeness (QED) is 0.708. The molecule has 0 aliphatic rings. The van der Waals surface area contributed by atoms with Crippen molar-refractivity contribution >= 4 is 5.97 Å². The number of benzene rings is 1. The van der Waals surface area contributed by atoms with Crippen LogP contribution in [0, 0.1) is 5.41 Å². The highest BCUT2D eigenvalue weighted by Crippen LogP contribution is 2.34. The lowest BCUT2D eigenvalue weighted by atomic mass is 9.77. The summed E-state index contributed by atoms with van der Waals surface area (Å²) in [5, 5.41) is 0. The lowest BCUT2D eigenvalue weighted by Gasteiger charge is -2.28. The van der Waals surface area contributed by atoms with E-state index in [2.05, 4.69) is 33.8 Å². The first-order valence-electron chi connectivity index (χ1n) is 7.40. The summed E-state index contributed by atoms with van der Waals surface area (Å²) in [5.41, 5.74) is 1.58. The van der Waals surface area contributed by atoms with Gasteiger partial charge in [0.15, 0.2) is 0 Å². The van der Waals surface area contributed by atoms with Gasteiger partial charge in [-0.3, -0.25) is 0 Å². The number of carbonyl (C=O) groups excluding carboxylic acids is 1. The molecule has 1 atom stereocenters. The Kier molecular flexibility index (Phi) is 5.01. The number of hydrogen-bond acceptors (Lipinski definition) is 2. The fourth-order valence-electron chi connectivity index (χ4n) is 1.82. The van der Waals surface area contributed by atoms with Crippen LogP contribution in [0.4, 0.5) is 0 Å². The third-order valence-electron chi connectivity index (χ3n) is 4.14. The number of esters is 1. The van der Waals surface area contributed by atoms with Crippen LogP contribution in [0.15, 0.2) is 24.3 Å². The molecule has 1 unspecified atom stereocenters. The Morgan fingerprint density at radius 1 is 1.20 bits per heavy atom. The molecule has 112 valence electrons. The molecule has 0 saturated carbocycles. The maximum absolute atomic E-state index is 12.2. The number of carbonyl (C=O) groups is 1. The Hall–Kier alpha value is -1.31. The van der Waals surface area contributed by atoms with Crippen LogP contribution in [0.5, 0.6) is 0 Å². The van der Waals surface area contributed by atoms with E-state index in [-0.39, 0.29) is 11.4 Å². The minimum absolute atomic E-state index is 0.172. The molecule has 0 aromatic heterocycles. The van der Waals surface area contributed by atoms with Gasteiger partial charge in [0.1, 0.15) is 5.60 Å². The van der Waals surface area contributed by atoms with Crippen molar-refractivity contribution in [3.8, 4) is 0 Å². The van der Waals surface area contributed by atoms with Crippen molar-refractivity contribution in [2.24, 2.45) is 5.41 Å². The first-order valence-corrected chi connectivity index (χ1v) is 7.40. The summed E-state index contributed by atoms with van der Waals surface area (Å²) in [6, 6.07) is 7.81. The smallest absolute Gasteiger partial charge is 0.338 e. The highest BCUT2D eigenvalue weighted by molar-refractivity contribution is 5.89. The molecular formula is C18H28O2. The zero-order valence-corrected chi connectivity index (χ0v) is 13.9. The topological polar surface area (TPSA) is 26.3 Å². The number of ether oxygens (including phenoxy) is 1. The average molecular weight is 276 g/mol. The summed E-state index contributed by atoms with van der Waals surface area (Å²) in [4.78, 5) is 12.2. The van der Waals surface area contributed by atoms with Gasteiger partial charge in [-0.05, 0) is 49.3 Å². The fraction of sp³-hybridized carbons (Fsp3) is 0.611. The second-order valence-electron chi connectivity index (χ2n) is 7.22. The van der Waals surface area contributed by atoms with Gasteiger partial charge in [-0.2, -0.15) is 0 Å². The van der Waals surface area contributed by atoms with E-state index in [1.165, 1.54) is 5.56 Å². The van der Waals surface area contributed by atoms with E-state index in [4.69, 9.17) is 4.74 Å². The first kappa shape index (κ1) is 16.7. The molecule has 0 N–H and O–H groups in total. The van der Waals surface area contributed by atoms with E-state index < -0.39 is 5.60 Å². The minimum atomic E-state index is -0.414. The maximum atomic E-state index is 12.2. The number of hydrogen-bond donors (Lipinski definition) is 0. The van der Waals surface area contributed by atoms with Crippen molar-refractivity contribution in [1.82, 2.24) is 0 Å². The van der Waals surface area contributed by atoms with Gasteiger partial charge in [-0.25, -0.2) is 4.79 Å². The maximum Gasteiger partial charge on any atom is 0.338 e. The predicted octanol–water partition coefficient (Wildman–Crippen LogP) is 5.18. The van der Waals surface area contributed by atoms with E-state index in [0.717, 1.165) is 6.42 Å². The lowest BCUT2D eigenvalue weighted by molar-refractivity contribution is -0.00245. The summed E-state index contributed by atoms with van der Waals surface area (Å²) in [6.45, 7) is 14.7. The summed E-state index contributed by atoms with van der Waals surface area (Å²) in [7, 11) is 0. The van der Waals surface area contributed by atoms with Gasteiger partial charge in [-0.15, -0.1) is 0 Å². The molecule has 1 aromatic carbocycles. The summed E-state index contributed by atoms with van der Waals surface area (Å²) in [6.07, 6.45) is 0.802. The molecule has 2 nitrogen and oxygen atoms in total. The zero-order chi connectivity index (χ0) is 15.6. The van der Waals surface area contributed by atoms with E-state index in [9.17, 15) is 4.79 Å². The average Bonchev–Trinajstić information content (AvgIpc) is 2.36. The third kappa shape index (κ3) is 4.36. The highest BCUT2D eigenvalue weighted by Gasteiger charge is 2.24. The fourth-order valence-corrected chi connectivity index (χ4v) is 1.82. The van der Waals surface area contributed by atoms with Crippen molar-refractivity contribution < 1.29 is 9.53 Å². The van der Waals surface area contributed by atoms with Gasteiger partial charge in [-0.1, -0.05) is 46.8 Å². The Labute approximate surface area is 123 Å². The second kappa shape index (κ2) is 5.99. The molecule has 0 spiro atoms.